The van der Waals surface area contributed by atoms with Crippen LogP contribution < -0.4 is 5.73 Å². The molecule has 0 atom stereocenters. The summed E-state index contributed by atoms with van der Waals surface area (Å²) in [4.78, 5) is 11.7. The van der Waals surface area contributed by atoms with Crippen LogP contribution in [0.5, 0.6) is 0 Å². The molecule has 0 aliphatic heterocycles. The number of hydrogen-bond donors (Lipinski definition) is 1. The van der Waals surface area contributed by atoms with Gasteiger partial charge in [0, 0.05) is 30.4 Å². The largest absolute Gasteiger partial charge is 0.375 e. The topological polar surface area (TPSA) is 55.0 Å². The molecule has 0 unspecified atom stereocenters. The van der Waals surface area contributed by atoms with Gasteiger partial charge in [0.15, 0.2) is 5.13 Å². The van der Waals surface area contributed by atoms with Crippen LogP contribution in [0.4, 0.5) is 5.13 Å². The van der Waals surface area contributed by atoms with Crippen molar-refractivity contribution in [2.24, 2.45) is 0 Å². The van der Waals surface area contributed by atoms with Gasteiger partial charge in [-0.05, 0) is 19.2 Å². The molecule has 2 aromatic rings. The number of anilines is 1. The first kappa shape index (κ1) is 11.0. The van der Waals surface area contributed by atoms with Crippen LogP contribution in [-0.2, 0) is 13.1 Å². The number of nitrogen functional groups attached to an aromatic ring is 1. The van der Waals surface area contributed by atoms with Crippen LogP contribution in [0, 0.1) is 0 Å². The van der Waals surface area contributed by atoms with Gasteiger partial charge in [0.25, 0.3) is 0 Å². The van der Waals surface area contributed by atoms with E-state index in [1.54, 1.807) is 0 Å². The molecule has 0 saturated heterocycles. The summed E-state index contributed by atoms with van der Waals surface area (Å²) < 4.78 is 0. The quantitative estimate of drug-likeness (QED) is 0.875. The van der Waals surface area contributed by atoms with Gasteiger partial charge in [-0.15, -0.1) is 11.3 Å². The van der Waals surface area contributed by atoms with E-state index in [1.165, 1.54) is 16.2 Å². The second-order valence-electron chi connectivity index (χ2n) is 3.66. The SMILES string of the molecule is CN(Cc1ccccn1)Cc1cnc(N)s1. The van der Waals surface area contributed by atoms with Crippen LogP contribution in [0.1, 0.15) is 10.6 Å². The van der Waals surface area contributed by atoms with E-state index in [9.17, 15) is 0 Å². The van der Waals surface area contributed by atoms with Crippen LogP contribution in [0.2, 0.25) is 0 Å². The monoisotopic (exact) mass is 234 g/mol. The van der Waals surface area contributed by atoms with Gasteiger partial charge < -0.3 is 5.73 Å². The Bertz CT molecular complexity index is 440. The van der Waals surface area contributed by atoms with Crippen LogP contribution in [0.3, 0.4) is 0 Å². The molecule has 0 aliphatic carbocycles. The van der Waals surface area contributed by atoms with Gasteiger partial charge in [0.1, 0.15) is 0 Å². The minimum absolute atomic E-state index is 0.626. The molecule has 2 heterocycles. The predicted molar refractivity (Wildman–Crippen MR) is 65.9 cm³/mol. The van der Waals surface area contributed by atoms with Gasteiger partial charge in [-0.1, -0.05) is 6.07 Å². The summed E-state index contributed by atoms with van der Waals surface area (Å²) in [5, 5.41) is 0.626. The lowest BCUT2D eigenvalue weighted by molar-refractivity contribution is 0.318. The molecule has 0 fully saturated rings. The maximum absolute atomic E-state index is 5.58. The molecular weight excluding hydrogens is 220 g/mol. The highest BCUT2D eigenvalue weighted by Crippen LogP contribution is 2.16. The molecule has 4 nitrogen and oxygen atoms in total. The van der Waals surface area contributed by atoms with Crippen LogP contribution >= 0.6 is 11.3 Å². The summed E-state index contributed by atoms with van der Waals surface area (Å²) >= 11 is 1.53. The Balaban J connectivity index is 1.92. The minimum atomic E-state index is 0.626. The van der Waals surface area contributed by atoms with E-state index in [0.29, 0.717) is 5.13 Å². The first-order chi connectivity index (χ1) is 7.74. The summed E-state index contributed by atoms with van der Waals surface area (Å²) in [7, 11) is 2.06. The van der Waals surface area contributed by atoms with E-state index in [2.05, 4.69) is 21.9 Å². The molecule has 16 heavy (non-hydrogen) atoms. The lowest BCUT2D eigenvalue weighted by atomic mass is 10.3. The van der Waals surface area contributed by atoms with Crippen LogP contribution in [0.15, 0.2) is 30.6 Å². The van der Waals surface area contributed by atoms with Crippen molar-refractivity contribution in [1.82, 2.24) is 14.9 Å². The Morgan fingerprint density at radius 2 is 2.19 bits per heavy atom. The zero-order chi connectivity index (χ0) is 11.4. The molecule has 5 heteroatoms. The Kier molecular flexibility index (Phi) is 3.48. The highest BCUT2D eigenvalue weighted by molar-refractivity contribution is 7.15. The number of pyridine rings is 1. The molecule has 2 N–H and O–H groups in total. The van der Waals surface area contributed by atoms with E-state index < -0.39 is 0 Å². The van der Waals surface area contributed by atoms with E-state index in [4.69, 9.17) is 5.73 Å². The molecule has 0 saturated carbocycles. The number of nitrogens with zero attached hydrogens (tertiary/aromatic N) is 3. The third kappa shape index (κ3) is 3.01. The molecule has 0 spiro atoms. The highest BCUT2D eigenvalue weighted by atomic mass is 32.1. The van der Waals surface area contributed by atoms with Crippen molar-refractivity contribution in [3.05, 3.63) is 41.2 Å². The first-order valence-corrected chi connectivity index (χ1v) is 5.84. The number of aromatic nitrogens is 2. The molecule has 0 radical (unpaired) electrons. The summed E-state index contributed by atoms with van der Waals surface area (Å²) in [6, 6.07) is 5.95. The lowest BCUT2D eigenvalue weighted by Crippen LogP contribution is -2.17. The van der Waals surface area contributed by atoms with Crippen molar-refractivity contribution in [2.45, 2.75) is 13.1 Å². The fourth-order valence-corrected chi connectivity index (χ4v) is 2.25. The van der Waals surface area contributed by atoms with Crippen molar-refractivity contribution >= 4 is 16.5 Å². The Morgan fingerprint density at radius 3 is 2.81 bits per heavy atom. The average molecular weight is 234 g/mol. The van der Waals surface area contributed by atoms with E-state index in [1.807, 2.05) is 30.6 Å². The fraction of sp³-hybridized carbons (Fsp3) is 0.273. The molecule has 0 aliphatic rings. The van der Waals surface area contributed by atoms with E-state index >= 15 is 0 Å². The normalized spacial score (nSPS) is 10.9. The number of nitrogens with two attached hydrogens (primary N) is 1. The maximum Gasteiger partial charge on any atom is 0.180 e. The smallest absolute Gasteiger partial charge is 0.180 e. The zero-order valence-electron chi connectivity index (χ0n) is 9.13. The van der Waals surface area contributed by atoms with Crippen LogP contribution in [-0.4, -0.2) is 21.9 Å². The average Bonchev–Trinajstić information content (AvgIpc) is 2.65. The number of thiazole rings is 1. The Morgan fingerprint density at radius 1 is 1.31 bits per heavy atom. The summed E-state index contributed by atoms with van der Waals surface area (Å²) in [6.07, 6.45) is 3.64. The molecular formula is C11H14N4S. The summed E-state index contributed by atoms with van der Waals surface area (Å²) in [5.74, 6) is 0. The first-order valence-electron chi connectivity index (χ1n) is 5.02. The van der Waals surface area contributed by atoms with Gasteiger partial charge in [-0.25, -0.2) is 4.98 Å². The molecule has 0 bridgehead atoms. The molecule has 84 valence electrons. The number of rotatable bonds is 4. The van der Waals surface area contributed by atoms with Crippen molar-refractivity contribution in [3.63, 3.8) is 0 Å². The maximum atomic E-state index is 5.58. The lowest BCUT2D eigenvalue weighted by Gasteiger charge is -2.14. The Hall–Kier alpha value is -1.46. The van der Waals surface area contributed by atoms with E-state index in [-0.39, 0.29) is 0 Å². The van der Waals surface area contributed by atoms with Gasteiger partial charge in [-0.3, -0.25) is 9.88 Å². The van der Waals surface area contributed by atoms with Crippen molar-refractivity contribution in [2.75, 3.05) is 12.8 Å². The molecule has 2 aromatic heterocycles. The van der Waals surface area contributed by atoms with Crippen LogP contribution in [0.25, 0.3) is 0 Å². The fourth-order valence-electron chi connectivity index (χ4n) is 1.49. The zero-order valence-corrected chi connectivity index (χ0v) is 9.94. The van der Waals surface area contributed by atoms with Gasteiger partial charge in [-0.2, -0.15) is 0 Å². The third-order valence-electron chi connectivity index (χ3n) is 2.16. The van der Waals surface area contributed by atoms with Gasteiger partial charge >= 0.3 is 0 Å². The molecule has 0 amide bonds. The van der Waals surface area contributed by atoms with Gasteiger partial charge in [0.05, 0.1) is 5.69 Å². The third-order valence-corrected chi connectivity index (χ3v) is 2.97. The minimum Gasteiger partial charge on any atom is -0.375 e. The second-order valence-corrected chi connectivity index (χ2v) is 4.80. The van der Waals surface area contributed by atoms with E-state index in [0.717, 1.165) is 18.8 Å². The second kappa shape index (κ2) is 5.05. The van der Waals surface area contributed by atoms with Crippen molar-refractivity contribution < 1.29 is 0 Å². The Labute approximate surface area is 98.8 Å². The van der Waals surface area contributed by atoms with Crippen molar-refractivity contribution in [3.8, 4) is 0 Å². The van der Waals surface area contributed by atoms with Crippen molar-refractivity contribution in [1.29, 1.82) is 0 Å². The summed E-state index contributed by atoms with van der Waals surface area (Å²) in [6.45, 7) is 1.68. The molecule has 0 aromatic carbocycles. The predicted octanol–water partition coefficient (Wildman–Crippen LogP) is 1.75. The molecule has 2 rings (SSSR count). The summed E-state index contributed by atoms with van der Waals surface area (Å²) in [5.41, 5.74) is 6.66. The standard InChI is InChI=1S/C11H14N4S/c1-15(7-9-4-2-3-5-13-9)8-10-6-14-11(12)16-10/h2-6H,7-8H2,1H3,(H2,12,14). The van der Waals surface area contributed by atoms with Gasteiger partial charge in [0.2, 0.25) is 0 Å². The highest BCUT2D eigenvalue weighted by Gasteiger charge is 2.04. The number of hydrogen-bond acceptors (Lipinski definition) is 5.